The van der Waals surface area contributed by atoms with Gasteiger partial charge in [-0.2, -0.15) is 20.2 Å². The lowest BCUT2D eigenvalue weighted by Gasteiger charge is -2.37. The van der Waals surface area contributed by atoms with E-state index in [1.165, 1.54) is 38.4 Å². The molecule has 5 saturated carbocycles. The monoisotopic (exact) mass is 1630 g/mol. The van der Waals surface area contributed by atoms with Crippen LogP contribution in [0.5, 0.6) is 0 Å². The smallest absolute Gasteiger partial charge is 0.308 e. The lowest BCUT2D eigenvalue weighted by Crippen LogP contribution is -2.44. The average Bonchev–Trinajstić information content (AvgIpc) is 1.65. The molecule has 0 atom stereocenters. The molecule has 29 nitrogen and oxygen atoms in total. The number of nitrogens with zero attached hydrogens (tertiary/aromatic N) is 16. The van der Waals surface area contributed by atoms with Gasteiger partial charge in [-0.25, -0.2) is 58.0 Å². The van der Waals surface area contributed by atoms with Crippen LogP contribution in [0.1, 0.15) is 181 Å². The number of anilines is 6. The number of aliphatic carboxylic acids is 1. The lowest BCUT2D eigenvalue weighted by molar-refractivity contribution is -0.149. The van der Waals surface area contributed by atoms with Crippen molar-refractivity contribution in [3.05, 3.63) is 249 Å². The highest BCUT2D eigenvalue weighted by Crippen LogP contribution is 2.44. The Hall–Kier alpha value is -12.9. The van der Waals surface area contributed by atoms with Gasteiger partial charge in [0.05, 0.1) is 79.9 Å². The number of pyridine rings is 3. The molecule has 0 unspecified atom stereocenters. The standard InChI is InChI=1S/C32H36N6O4.C30H31N7O2.C30H32N6O4/c1-3-19-37-29(39)25-20-33-31(36-28(25)38(37)27-8-5-7-26(35-27)32(41)17-6-18-32)34-24-15-13-22(14-16-24)21-9-11-23(12-10-21)30(40)42-4-2;1-3-15-36-28(38)24-17-32-29(33-23-13-11-22(12-14-23)21-9-7-20(16-31)8-10-21)35-27(24)37(36)26-6-4-5-25(34-26)30(2)18-39-19-30;1-2-17-35-27(37)23-18-31-29(32-22-13-11-20(12-14-22)19-7-9-21(10-8-19)28(38)39)34-26(23)36(35)25-6-3-5-24(33-25)30(40)15-4-16-30/h3,5,7-8,13-16,20-21,23,41H,1,4,6,9-12,17-19H2,2H3,(H,33,34,36);3-6,11-14,17,20-21H,1,7-10,15,18-19H2,2H3,(H,32,33,35);2-3,5-6,11-14,18-19,21,40H,1,4,7-10,15-17H2,(H,38,39)(H,31,32,34). The van der Waals surface area contributed by atoms with Crippen molar-refractivity contribution in [2.45, 2.75) is 183 Å². The Labute approximate surface area is 698 Å². The second kappa shape index (κ2) is 35.2. The molecule has 9 aromatic heterocycles. The van der Waals surface area contributed by atoms with Gasteiger partial charge in [0.2, 0.25) is 17.8 Å². The molecular formula is C92H99N19O10. The predicted octanol–water partition coefficient (Wildman–Crippen LogP) is 14.7. The number of carboxylic acid groups (broad SMARTS) is 1. The molecule has 0 spiro atoms. The number of hydrogen-bond donors (Lipinski definition) is 6. The Balaban J connectivity index is 0.000000135. The molecule has 622 valence electrons. The minimum absolute atomic E-state index is 0.00795. The second-order valence-corrected chi connectivity index (χ2v) is 32.8. The van der Waals surface area contributed by atoms with E-state index < -0.39 is 17.2 Å². The third kappa shape index (κ3) is 17.0. The molecule has 0 amide bonds. The highest BCUT2D eigenvalue weighted by molar-refractivity contribution is 5.80. The summed E-state index contributed by atoms with van der Waals surface area (Å²) in [6, 6.07) is 43.7. The number of ether oxygens (including phenoxy) is 2. The first-order valence-corrected chi connectivity index (χ1v) is 41.9. The first kappa shape index (κ1) is 81.8. The number of benzene rings is 3. The van der Waals surface area contributed by atoms with E-state index in [1.807, 2.05) is 85.8 Å². The van der Waals surface area contributed by atoms with Gasteiger partial charge in [-0.15, -0.1) is 19.7 Å². The zero-order chi connectivity index (χ0) is 84.1. The van der Waals surface area contributed by atoms with Gasteiger partial charge in [0.1, 0.15) is 27.4 Å². The zero-order valence-corrected chi connectivity index (χ0v) is 68.0. The maximum atomic E-state index is 13.3. The van der Waals surface area contributed by atoms with Gasteiger partial charge < -0.3 is 40.7 Å². The molecule has 5 aliphatic carbocycles. The number of carboxylic acids is 1. The van der Waals surface area contributed by atoms with E-state index in [-0.39, 0.29) is 58.9 Å². The van der Waals surface area contributed by atoms with E-state index in [9.17, 15) is 39.3 Å². The molecule has 29 heteroatoms. The molecule has 121 heavy (non-hydrogen) atoms. The number of carbonyl (C=O) groups excluding carboxylic acids is 1. The summed E-state index contributed by atoms with van der Waals surface area (Å²) in [5, 5.41) is 51.1. The quantitative estimate of drug-likeness (QED) is 0.0242. The summed E-state index contributed by atoms with van der Waals surface area (Å²) in [5.41, 5.74) is 6.89. The molecule has 1 saturated heterocycles. The zero-order valence-electron chi connectivity index (χ0n) is 68.0. The van der Waals surface area contributed by atoms with E-state index in [0.717, 1.165) is 99.8 Å². The molecule has 1 aliphatic heterocycles. The van der Waals surface area contributed by atoms with Crippen LogP contribution in [-0.4, -0.2) is 120 Å². The van der Waals surface area contributed by atoms with E-state index in [2.05, 4.69) is 100 Å². The number of allylic oxidation sites excluding steroid dienone is 3. The summed E-state index contributed by atoms with van der Waals surface area (Å²) in [5.74, 6) is 3.13. The van der Waals surface area contributed by atoms with Crippen molar-refractivity contribution in [1.29, 1.82) is 5.26 Å². The van der Waals surface area contributed by atoms with Crippen LogP contribution in [0.4, 0.5) is 34.9 Å². The van der Waals surface area contributed by atoms with Crippen LogP contribution in [0.15, 0.2) is 198 Å². The fourth-order valence-electron chi connectivity index (χ4n) is 17.5. The Morgan fingerprint density at radius 3 is 1.14 bits per heavy atom. The van der Waals surface area contributed by atoms with Crippen LogP contribution in [0.3, 0.4) is 0 Å². The Morgan fingerprint density at radius 1 is 0.496 bits per heavy atom. The number of nitrogens with one attached hydrogen (secondary N) is 3. The molecule has 3 aromatic carbocycles. The van der Waals surface area contributed by atoms with Crippen molar-refractivity contribution in [2.75, 3.05) is 35.8 Å². The summed E-state index contributed by atoms with van der Waals surface area (Å²) < 4.78 is 20.4. The van der Waals surface area contributed by atoms with Crippen LogP contribution in [0.25, 0.3) is 50.6 Å². The van der Waals surface area contributed by atoms with E-state index in [0.29, 0.717) is 162 Å². The van der Waals surface area contributed by atoms with Crippen molar-refractivity contribution in [3.63, 3.8) is 0 Å². The number of hydrogen-bond acceptors (Lipinski definition) is 22. The third-order valence-corrected chi connectivity index (χ3v) is 24.8. The molecule has 6 fully saturated rings. The molecule has 0 radical (unpaired) electrons. The first-order chi connectivity index (χ1) is 58.7. The van der Waals surface area contributed by atoms with Crippen LogP contribution >= 0.6 is 0 Å². The van der Waals surface area contributed by atoms with E-state index in [4.69, 9.17) is 44.6 Å². The third-order valence-electron chi connectivity index (χ3n) is 24.8. The largest absolute Gasteiger partial charge is 0.481 e. The van der Waals surface area contributed by atoms with Gasteiger partial charge in [-0.3, -0.25) is 24.0 Å². The van der Waals surface area contributed by atoms with Gasteiger partial charge in [0, 0.05) is 41.6 Å². The fourth-order valence-corrected chi connectivity index (χ4v) is 17.5. The summed E-state index contributed by atoms with van der Waals surface area (Å²) in [7, 11) is 0. The summed E-state index contributed by atoms with van der Waals surface area (Å²) in [4.78, 5) is 105. The number of nitriles is 1. The topological polar surface area (TPSA) is 370 Å². The number of esters is 1. The lowest BCUT2D eigenvalue weighted by atomic mass is 9.77. The number of aliphatic hydroxyl groups is 2. The minimum Gasteiger partial charge on any atom is -0.481 e. The van der Waals surface area contributed by atoms with Crippen LogP contribution in [0, 0.1) is 29.1 Å². The second-order valence-electron chi connectivity index (χ2n) is 32.8. The SMILES string of the molecule is C=CCn1c(=O)c2cnc(Nc3ccc(C4CCC(C#N)CC4)cc3)nc2n1-c1cccc(C2(C)COC2)n1.C=CCn1c(=O)c2cnc(Nc3ccc(C4CCC(C(=O)O)CC4)cc3)nc2n1-c1cccc(C2(O)CCC2)n1.C=CCn1c(=O)c2cnc(Nc3ccc(C4CCC(C(=O)OCC)CC4)cc3)nc2n1-c1cccc(C2(O)CCC2)n1. The highest BCUT2D eigenvalue weighted by Gasteiger charge is 2.41. The molecular weight excluding hydrogens is 1530 g/mol. The number of rotatable bonds is 24. The normalized spacial score (nSPS) is 20.0. The Bertz CT molecular complexity index is 6080. The van der Waals surface area contributed by atoms with Crippen molar-refractivity contribution in [1.82, 2.24) is 72.9 Å². The van der Waals surface area contributed by atoms with Crippen LogP contribution in [-0.2, 0) is 55.3 Å². The van der Waals surface area contributed by atoms with Gasteiger partial charge in [0.25, 0.3) is 16.7 Å². The van der Waals surface area contributed by atoms with Crippen molar-refractivity contribution >= 4 is 79.9 Å². The minimum atomic E-state index is -0.939. The van der Waals surface area contributed by atoms with Gasteiger partial charge in [-0.1, -0.05) is 72.8 Å². The summed E-state index contributed by atoms with van der Waals surface area (Å²) in [6.45, 7) is 17.9. The average molecular weight is 1630 g/mol. The highest BCUT2D eigenvalue weighted by atomic mass is 16.5. The Morgan fingerprint density at radius 2 is 0.835 bits per heavy atom. The Kier molecular flexibility index (Phi) is 23.8. The van der Waals surface area contributed by atoms with Crippen LogP contribution < -0.4 is 32.6 Å². The molecule has 18 rings (SSSR count). The maximum absolute atomic E-state index is 13.3. The summed E-state index contributed by atoms with van der Waals surface area (Å²) in [6.07, 6.45) is 24.9. The molecule has 0 bridgehead atoms. The van der Waals surface area contributed by atoms with Crippen molar-refractivity contribution in [3.8, 4) is 23.5 Å². The summed E-state index contributed by atoms with van der Waals surface area (Å²) >= 11 is 0. The molecule has 6 N–H and O–H groups in total. The molecule has 6 aliphatic rings. The fraction of sp³-hybridized carbons (Fsp3) is 0.380. The van der Waals surface area contributed by atoms with E-state index >= 15 is 0 Å². The van der Waals surface area contributed by atoms with Gasteiger partial charge in [0.15, 0.2) is 34.4 Å². The number of carbonyl (C=O) groups is 2. The molecule has 10 heterocycles. The number of fused-ring (bicyclic) bond motifs is 3. The number of aromatic nitrogens is 15. The van der Waals surface area contributed by atoms with Gasteiger partial charge >= 0.3 is 11.9 Å². The van der Waals surface area contributed by atoms with Gasteiger partial charge in [-0.05, 0) is 237 Å². The first-order valence-electron chi connectivity index (χ1n) is 41.9. The van der Waals surface area contributed by atoms with Crippen LogP contribution in [0.2, 0.25) is 0 Å². The van der Waals surface area contributed by atoms with E-state index in [1.54, 1.807) is 55.3 Å². The molecule has 12 aromatic rings. The van der Waals surface area contributed by atoms with Crippen molar-refractivity contribution < 1.29 is 34.4 Å². The maximum Gasteiger partial charge on any atom is 0.308 e. The predicted molar refractivity (Wildman–Crippen MR) is 460 cm³/mol. The van der Waals surface area contributed by atoms with Crippen molar-refractivity contribution in [2.24, 2.45) is 17.8 Å².